The third-order valence-electron chi connectivity index (χ3n) is 4.30. The number of benzene rings is 2. The van der Waals surface area contributed by atoms with Crippen molar-refractivity contribution in [2.75, 3.05) is 16.4 Å². The number of pyridine rings is 1. The van der Waals surface area contributed by atoms with Crippen LogP contribution in [0, 0.1) is 11.3 Å². The number of amides is 1. The molecule has 0 fully saturated rings. The first kappa shape index (κ1) is 17.5. The minimum atomic E-state index is -0.269. The van der Waals surface area contributed by atoms with Crippen molar-refractivity contribution in [3.63, 3.8) is 0 Å². The highest BCUT2D eigenvalue weighted by Gasteiger charge is 2.25. The predicted molar refractivity (Wildman–Crippen MR) is 113 cm³/mol. The fraction of sp³-hybridized carbons (Fsp3) is 0. The highest BCUT2D eigenvalue weighted by atomic mass is 32.1. The lowest BCUT2D eigenvalue weighted by atomic mass is 10.1. The molecule has 4 N–H and O–H groups in total. The monoisotopic (exact) mass is 385 g/mol. The number of para-hydroxylation sites is 2. The number of rotatable bonds is 3. The lowest BCUT2D eigenvalue weighted by molar-refractivity contribution is 0.100. The Morgan fingerprint density at radius 1 is 1.00 bits per heavy atom. The number of nitrogens with zero attached hydrogens (tertiary/aromatic N) is 3. The number of thiophene rings is 1. The Hall–Kier alpha value is -3.89. The molecule has 0 saturated heterocycles. The van der Waals surface area contributed by atoms with Crippen molar-refractivity contribution in [1.29, 1.82) is 5.26 Å². The second-order valence-electron chi connectivity index (χ2n) is 6.04. The number of nitrogens with two attached hydrogens (primary N) is 2. The molecular weight excluding hydrogens is 370 g/mol. The van der Waals surface area contributed by atoms with E-state index in [9.17, 15) is 10.1 Å². The van der Waals surface area contributed by atoms with Crippen molar-refractivity contribution in [2.24, 2.45) is 0 Å². The molecule has 0 unspecified atom stereocenters. The predicted octanol–water partition coefficient (Wildman–Crippen LogP) is 4.31. The molecule has 2 aromatic carbocycles. The third-order valence-corrected chi connectivity index (χ3v) is 5.40. The number of carbonyl (C=O) groups excluding carboxylic acids is 1. The van der Waals surface area contributed by atoms with E-state index in [0.29, 0.717) is 20.8 Å². The Kier molecular flexibility index (Phi) is 4.39. The summed E-state index contributed by atoms with van der Waals surface area (Å²) in [5.74, 6) is -0.145. The van der Waals surface area contributed by atoms with E-state index in [-0.39, 0.29) is 17.3 Å². The number of aromatic nitrogens is 1. The van der Waals surface area contributed by atoms with Gasteiger partial charge in [-0.25, -0.2) is 4.98 Å². The molecule has 136 valence electrons. The lowest BCUT2D eigenvalue weighted by Crippen LogP contribution is -2.25. The number of nitrogen functional groups attached to an aromatic ring is 2. The largest absolute Gasteiger partial charge is 0.397 e. The number of carbonyl (C=O) groups is 1. The molecule has 28 heavy (non-hydrogen) atoms. The van der Waals surface area contributed by atoms with Crippen molar-refractivity contribution in [3.05, 3.63) is 77.2 Å². The molecule has 1 amide bonds. The maximum Gasteiger partial charge on any atom is 0.275 e. The van der Waals surface area contributed by atoms with Gasteiger partial charge >= 0.3 is 0 Å². The van der Waals surface area contributed by atoms with Crippen LogP contribution in [0.3, 0.4) is 0 Å². The average molecular weight is 385 g/mol. The summed E-state index contributed by atoms with van der Waals surface area (Å²) < 4.78 is 0. The molecule has 0 aliphatic carbocycles. The van der Waals surface area contributed by atoms with Crippen LogP contribution < -0.4 is 16.4 Å². The highest BCUT2D eigenvalue weighted by Crippen LogP contribution is 2.37. The second kappa shape index (κ2) is 7.02. The second-order valence-corrected chi connectivity index (χ2v) is 7.04. The summed E-state index contributed by atoms with van der Waals surface area (Å²) in [5, 5.41) is 9.74. The molecule has 0 atom stereocenters. The summed E-state index contributed by atoms with van der Waals surface area (Å²) >= 11 is 1.17. The van der Waals surface area contributed by atoms with Gasteiger partial charge in [-0.15, -0.1) is 11.3 Å². The van der Waals surface area contributed by atoms with Crippen LogP contribution in [-0.2, 0) is 0 Å². The molecule has 2 heterocycles. The highest BCUT2D eigenvalue weighted by molar-refractivity contribution is 7.21. The minimum Gasteiger partial charge on any atom is -0.397 e. The molecule has 7 heteroatoms. The number of hydrogen-bond donors (Lipinski definition) is 2. The van der Waals surface area contributed by atoms with Crippen LogP contribution in [-0.4, -0.2) is 10.9 Å². The van der Waals surface area contributed by atoms with Gasteiger partial charge in [-0.05, 0) is 30.3 Å². The van der Waals surface area contributed by atoms with E-state index >= 15 is 0 Å². The van der Waals surface area contributed by atoms with E-state index in [1.165, 1.54) is 11.3 Å². The molecular formula is C21H15N5OS. The fourth-order valence-corrected chi connectivity index (χ4v) is 3.96. The Bertz CT molecular complexity index is 1170. The first-order chi connectivity index (χ1) is 13.6. The van der Waals surface area contributed by atoms with Crippen molar-refractivity contribution < 1.29 is 4.79 Å². The van der Waals surface area contributed by atoms with Crippen LogP contribution in [0.5, 0.6) is 0 Å². The number of hydrogen-bond acceptors (Lipinski definition) is 6. The Morgan fingerprint density at radius 3 is 2.11 bits per heavy atom. The molecule has 0 aliphatic rings. The topological polar surface area (TPSA) is 109 Å². The van der Waals surface area contributed by atoms with E-state index in [1.54, 1.807) is 11.0 Å². The minimum absolute atomic E-state index is 0.123. The summed E-state index contributed by atoms with van der Waals surface area (Å²) in [6.45, 7) is 0. The maximum absolute atomic E-state index is 13.5. The number of anilines is 4. The third kappa shape index (κ3) is 2.92. The average Bonchev–Trinajstić information content (AvgIpc) is 3.04. The van der Waals surface area contributed by atoms with Crippen LogP contribution in [0.4, 0.5) is 22.9 Å². The first-order valence-corrected chi connectivity index (χ1v) is 9.25. The number of nitriles is 1. The summed E-state index contributed by atoms with van der Waals surface area (Å²) in [5.41, 5.74) is 14.1. The van der Waals surface area contributed by atoms with Crippen molar-refractivity contribution >= 4 is 50.3 Å². The zero-order chi connectivity index (χ0) is 19.7. The Morgan fingerprint density at radius 2 is 1.57 bits per heavy atom. The molecule has 0 bridgehead atoms. The molecule has 6 nitrogen and oxygen atoms in total. The Balaban J connectivity index is 1.88. The van der Waals surface area contributed by atoms with E-state index in [4.69, 9.17) is 11.5 Å². The van der Waals surface area contributed by atoms with E-state index < -0.39 is 0 Å². The van der Waals surface area contributed by atoms with Crippen LogP contribution in [0.25, 0.3) is 10.2 Å². The van der Waals surface area contributed by atoms with Gasteiger partial charge in [0.05, 0.1) is 11.3 Å². The van der Waals surface area contributed by atoms with Gasteiger partial charge in [-0.3, -0.25) is 9.69 Å². The van der Waals surface area contributed by atoms with Crippen molar-refractivity contribution in [2.45, 2.75) is 0 Å². The summed E-state index contributed by atoms with van der Waals surface area (Å²) in [6, 6.07) is 22.3. The summed E-state index contributed by atoms with van der Waals surface area (Å²) in [6.07, 6.45) is 0. The Labute approximate surface area is 165 Å². The van der Waals surface area contributed by atoms with Gasteiger partial charge in [0, 0.05) is 16.8 Å². The van der Waals surface area contributed by atoms with Gasteiger partial charge in [-0.2, -0.15) is 5.26 Å². The zero-order valence-corrected chi connectivity index (χ0v) is 15.5. The molecule has 0 saturated carbocycles. The van der Waals surface area contributed by atoms with Gasteiger partial charge in [0.25, 0.3) is 5.91 Å². The van der Waals surface area contributed by atoms with Crippen LogP contribution >= 0.6 is 11.3 Å². The van der Waals surface area contributed by atoms with Gasteiger partial charge in [-0.1, -0.05) is 36.4 Å². The van der Waals surface area contributed by atoms with Crippen molar-refractivity contribution in [3.8, 4) is 6.07 Å². The van der Waals surface area contributed by atoms with E-state index in [1.807, 2.05) is 66.7 Å². The molecule has 2 aromatic heterocycles. The quantitative estimate of drug-likeness (QED) is 0.546. The van der Waals surface area contributed by atoms with Gasteiger partial charge in [0.15, 0.2) is 0 Å². The molecule has 4 aromatic rings. The zero-order valence-electron chi connectivity index (χ0n) is 14.7. The number of fused-ring (bicyclic) bond motifs is 1. The molecule has 0 aliphatic heterocycles. The SMILES string of the molecule is N#Cc1cc2c(N)c(C(=O)N(c3ccccc3)c3ccccc3)sc2nc1N. The lowest BCUT2D eigenvalue weighted by Gasteiger charge is -2.22. The maximum atomic E-state index is 13.5. The van der Waals surface area contributed by atoms with Gasteiger partial charge in [0.1, 0.15) is 21.6 Å². The van der Waals surface area contributed by atoms with Gasteiger partial charge < -0.3 is 11.5 Å². The van der Waals surface area contributed by atoms with Crippen LogP contribution in [0.1, 0.15) is 15.2 Å². The summed E-state index contributed by atoms with van der Waals surface area (Å²) in [4.78, 5) is 20.2. The van der Waals surface area contributed by atoms with Crippen LogP contribution in [0.2, 0.25) is 0 Å². The smallest absolute Gasteiger partial charge is 0.275 e. The first-order valence-electron chi connectivity index (χ1n) is 8.43. The molecule has 0 radical (unpaired) electrons. The van der Waals surface area contributed by atoms with Crippen LogP contribution in [0.15, 0.2) is 66.7 Å². The standard InChI is InChI=1S/C21H15N5OS/c22-12-13-11-16-17(23)18(28-20(16)25-19(13)24)21(27)26(14-7-3-1-4-8-14)15-9-5-2-6-10-15/h1-11H,23H2,(H2,24,25). The van der Waals surface area contributed by atoms with Crippen molar-refractivity contribution in [1.82, 2.24) is 4.98 Å². The fourth-order valence-electron chi connectivity index (χ4n) is 2.94. The van der Waals surface area contributed by atoms with E-state index in [0.717, 1.165) is 11.4 Å². The molecule has 4 rings (SSSR count). The van der Waals surface area contributed by atoms with Gasteiger partial charge in [0.2, 0.25) is 0 Å². The normalized spacial score (nSPS) is 10.5. The summed E-state index contributed by atoms with van der Waals surface area (Å²) in [7, 11) is 0. The molecule has 0 spiro atoms. The van der Waals surface area contributed by atoms with E-state index in [2.05, 4.69) is 4.98 Å².